The van der Waals surface area contributed by atoms with Crippen LogP contribution in [0.15, 0.2) is 40.9 Å². The summed E-state index contributed by atoms with van der Waals surface area (Å²) in [4.78, 5) is 0. The maximum Gasteiger partial charge on any atom is 0.147 e. The highest BCUT2D eigenvalue weighted by atomic mass is 79.9. The van der Waals surface area contributed by atoms with Crippen LogP contribution in [0.5, 0.6) is 11.5 Å². The third-order valence-corrected chi connectivity index (χ3v) is 4.20. The van der Waals surface area contributed by atoms with E-state index in [4.69, 9.17) is 27.9 Å². The molecule has 0 radical (unpaired) electrons. The summed E-state index contributed by atoms with van der Waals surface area (Å²) in [6.07, 6.45) is 0. The summed E-state index contributed by atoms with van der Waals surface area (Å²) in [6, 6.07) is 11.1. The van der Waals surface area contributed by atoms with Crippen molar-refractivity contribution in [1.29, 1.82) is 0 Å². The van der Waals surface area contributed by atoms with Crippen molar-refractivity contribution in [2.75, 3.05) is 0 Å². The van der Waals surface area contributed by atoms with Gasteiger partial charge in [0.1, 0.15) is 16.5 Å². The Morgan fingerprint density at radius 1 is 1.06 bits per heavy atom. The molecule has 2 aromatic rings. The average Bonchev–Trinajstić information content (AvgIpc) is 2.37. The molecule has 0 unspecified atom stereocenters. The van der Waals surface area contributed by atoms with Crippen LogP contribution < -0.4 is 4.74 Å². The first-order chi connectivity index (χ1) is 8.61. The van der Waals surface area contributed by atoms with Gasteiger partial charge in [0.15, 0.2) is 0 Å². The van der Waals surface area contributed by atoms with Crippen molar-refractivity contribution in [2.24, 2.45) is 0 Å². The molecule has 0 atom stereocenters. The Kier molecular flexibility index (Phi) is 4.96. The van der Waals surface area contributed by atoms with Gasteiger partial charge in [-0.1, -0.05) is 61.1 Å². The maximum atomic E-state index is 6.09. The molecule has 0 aliphatic heterocycles. The number of ether oxygens (including phenoxy) is 1. The fourth-order valence-electron chi connectivity index (χ4n) is 1.43. The highest BCUT2D eigenvalue weighted by Gasteiger charge is 2.09. The minimum atomic E-state index is 0.419. The van der Waals surface area contributed by atoms with E-state index in [1.54, 1.807) is 18.2 Å². The van der Waals surface area contributed by atoms with Gasteiger partial charge in [0, 0.05) is 15.4 Å². The smallest absolute Gasteiger partial charge is 0.147 e. The lowest BCUT2D eigenvalue weighted by atomic mass is 10.2. The number of benzene rings is 2. The summed E-state index contributed by atoms with van der Waals surface area (Å²) in [5, 5.41) is 1.59. The molecule has 5 heteroatoms. The zero-order valence-corrected chi connectivity index (χ0v) is 13.8. The van der Waals surface area contributed by atoms with Gasteiger partial charge in [0.05, 0.1) is 5.02 Å². The highest BCUT2D eigenvalue weighted by Crippen LogP contribution is 2.36. The Hall–Kier alpha value is -0.220. The van der Waals surface area contributed by atoms with Crippen molar-refractivity contribution in [3.05, 3.63) is 56.5 Å². The third kappa shape index (κ3) is 3.21. The fourth-order valence-corrected chi connectivity index (χ4v) is 2.61. The van der Waals surface area contributed by atoms with Crippen LogP contribution in [0.2, 0.25) is 10.0 Å². The van der Waals surface area contributed by atoms with Gasteiger partial charge in [-0.3, -0.25) is 0 Å². The first kappa shape index (κ1) is 14.2. The van der Waals surface area contributed by atoms with Crippen LogP contribution in [-0.4, -0.2) is 0 Å². The van der Waals surface area contributed by atoms with Crippen molar-refractivity contribution in [3.8, 4) is 11.5 Å². The molecule has 0 spiro atoms. The molecule has 0 amide bonds. The third-order valence-electron chi connectivity index (χ3n) is 2.30. The topological polar surface area (TPSA) is 9.23 Å². The molecule has 0 fully saturated rings. The minimum absolute atomic E-state index is 0.419. The fraction of sp³-hybridized carbons (Fsp3) is 0.0769. The van der Waals surface area contributed by atoms with E-state index < -0.39 is 0 Å². The summed E-state index contributed by atoms with van der Waals surface area (Å²) in [5.41, 5.74) is 1.03. The summed E-state index contributed by atoms with van der Waals surface area (Å²) in [7, 11) is 0. The van der Waals surface area contributed by atoms with Gasteiger partial charge in [-0.05, 0) is 30.3 Å². The molecular weight excluding hydrogens is 403 g/mol. The van der Waals surface area contributed by atoms with Crippen LogP contribution in [0.1, 0.15) is 5.56 Å². The van der Waals surface area contributed by atoms with E-state index in [0.29, 0.717) is 21.1 Å². The molecule has 0 bridgehead atoms. The molecule has 0 aromatic heterocycles. The number of rotatable bonds is 3. The van der Waals surface area contributed by atoms with Crippen LogP contribution >= 0.6 is 55.1 Å². The van der Waals surface area contributed by atoms with E-state index >= 15 is 0 Å². The standard InChI is InChI=1S/C13H8Br2Cl2O/c14-7-8-6-9(15)4-5-11(8)18-12-3-1-2-10(16)13(12)17/h1-6H,7H2. The second kappa shape index (κ2) is 6.29. The molecule has 18 heavy (non-hydrogen) atoms. The molecule has 0 saturated heterocycles. The molecule has 2 aromatic carbocycles. The molecule has 0 saturated carbocycles. The van der Waals surface area contributed by atoms with Gasteiger partial charge in [0.25, 0.3) is 0 Å². The molecular formula is C13H8Br2Cl2O. The van der Waals surface area contributed by atoms with Crippen molar-refractivity contribution >= 4 is 55.1 Å². The minimum Gasteiger partial charge on any atom is -0.455 e. The lowest BCUT2D eigenvalue weighted by molar-refractivity contribution is 0.479. The van der Waals surface area contributed by atoms with Crippen LogP contribution in [0, 0.1) is 0 Å². The molecule has 0 N–H and O–H groups in total. The number of hydrogen-bond donors (Lipinski definition) is 0. The van der Waals surface area contributed by atoms with Gasteiger partial charge < -0.3 is 4.74 Å². The first-order valence-corrected chi connectivity index (χ1v) is 7.75. The first-order valence-electron chi connectivity index (χ1n) is 5.08. The number of alkyl halides is 1. The monoisotopic (exact) mass is 408 g/mol. The Labute approximate surface area is 132 Å². The van der Waals surface area contributed by atoms with E-state index in [1.165, 1.54) is 0 Å². The summed E-state index contributed by atoms with van der Waals surface area (Å²) in [6.45, 7) is 0. The molecule has 94 valence electrons. The predicted octanol–water partition coefficient (Wildman–Crippen LogP) is 6.44. The van der Waals surface area contributed by atoms with Crippen molar-refractivity contribution < 1.29 is 4.74 Å². The summed E-state index contributed by atoms with van der Waals surface area (Å²) >= 11 is 18.9. The number of hydrogen-bond acceptors (Lipinski definition) is 1. The molecule has 0 aliphatic rings. The highest BCUT2D eigenvalue weighted by molar-refractivity contribution is 9.10. The van der Waals surface area contributed by atoms with Crippen molar-refractivity contribution in [1.82, 2.24) is 0 Å². The van der Waals surface area contributed by atoms with Crippen molar-refractivity contribution in [3.63, 3.8) is 0 Å². The normalized spacial score (nSPS) is 10.4. The van der Waals surface area contributed by atoms with E-state index in [9.17, 15) is 0 Å². The zero-order chi connectivity index (χ0) is 13.1. The molecule has 1 nitrogen and oxygen atoms in total. The van der Waals surface area contributed by atoms with Crippen molar-refractivity contribution in [2.45, 2.75) is 5.33 Å². The van der Waals surface area contributed by atoms with Gasteiger partial charge in [-0.15, -0.1) is 0 Å². The SMILES string of the molecule is Clc1cccc(Oc2ccc(Br)cc2CBr)c1Cl. The Morgan fingerprint density at radius 2 is 1.83 bits per heavy atom. The van der Waals surface area contributed by atoms with E-state index in [0.717, 1.165) is 15.8 Å². The van der Waals surface area contributed by atoms with E-state index in [-0.39, 0.29) is 0 Å². The second-order valence-electron chi connectivity index (χ2n) is 3.54. The van der Waals surface area contributed by atoms with E-state index in [2.05, 4.69) is 31.9 Å². The van der Waals surface area contributed by atoms with Gasteiger partial charge in [-0.25, -0.2) is 0 Å². The van der Waals surface area contributed by atoms with Gasteiger partial charge >= 0.3 is 0 Å². The van der Waals surface area contributed by atoms with Crippen LogP contribution in [0.3, 0.4) is 0 Å². The van der Waals surface area contributed by atoms with Gasteiger partial charge in [0.2, 0.25) is 0 Å². The largest absolute Gasteiger partial charge is 0.455 e. The Morgan fingerprint density at radius 3 is 2.56 bits per heavy atom. The predicted molar refractivity (Wildman–Crippen MR) is 83.3 cm³/mol. The maximum absolute atomic E-state index is 6.09. The average molecular weight is 411 g/mol. The second-order valence-corrected chi connectivity index (χ2v) is 5.80. The summed E-state index contributed by atoms with van der Waals surface area (Å²) in [5.74, 6) is 1.30. The molecule has 2 rings (SSSR count). The summed E-state index contributed by atoms with van der Waals surface area (Å²) < 4.78 is 6.80. The van der Waals surface area contributed by atoms with E-state index in [1.807, 2.05) is 18.2 Å². The Balaban J connectivity index is 2.37. The molecule has 0 heterocycles. The molecule has 0 aliphatic carbocycles. The van der Waals surface area contributed by atoms with Crippen LogP contribution in [0.25, 0.3) is 0 Å². The Bertz CT molecular complexity index is 573. The number of halogens is 4. The van der Waals surface area contributed by atoms with Gasteiger partial charge in [-0.2, -0.15) is 0 Å². The lowest BCUT2D eigenvalue weighted by Gasteiger charge is -2.11. The zero-order valence-electron chi connectivity index (χ0n) is 9.09. The van der Waals surface area contributed by atoms with Crippen LogP contribution in [-0.2, 0) is 5.33 Å². The lowest BCUT2D eigenvalue weighted by Crippen LogP contribution is -1.90. The van der Waals surface area contributed by atoms with Crippen LogP contribution in [0.4, 0.5) is 0 Å². The quantitative estimate of drug-likeness (QED) is 0.529.